The van der Waals surface area contributed by atoms with Crippen molar-refractivity contribution in [3.63, 3.8) is 0 Å². The standard InChI is InChI=1S/C9H18N2O/c1-6-5-7(10)3-4-8(6)9(12)11-2/h6-8H,3-5,10H2,1-2H3,(H,11,12). The van der Waals surface area contributed by atoms with E-state index < -0.39 is 0 Å². The Morgan fingerprint density at radius 1 is 1.50 bits per heavy atom. The van der Waals surface area contributed by atoms with Crippen molar-refractivity contribution in [2.45, 2.75) is 32.2 Å². The van der Waals surface area contributed by atoms with Gasteiger partial charge in [-0.25, -0.2) is 0 Å². The fourth-order valence-electron chi connectivity index (χ4n) is 2.01. The van der Waals surface area contributed by atoms with Crippen LogP contribution >= 0.6 is 0 Å². The summed E-state index contributed by atoms with van der Waals surface area (Å²) < 4.78 is 0. The Morgan fingerprint density at radius 2 is 2.17 bits per heavy atom. The third-order valence-electron chi connectivity index (χ3n) is 2.79. The third kappa shape index (κ3) is 1.97. The van der Waals surface area contributed by atoms with Gasteiger partial charge in [-0.05, 0) is 25.2 Å². The van der Waals surface area contributed by atoms with Crippen LogP contribution in [0.2, 0.25) is 0 Å². The van der Waals surface area contributed by atoms with Gasteiger partial charge in [0.2, 0.25) is 5.91 Å². The minimum atomic E-state index is 0.175. The van der Waals surface area contributed by atoms with Crippen LogP contribution in [0.3, 0.4) is 0 Å². The molecule has 3 heteroatoms. The van der Waals surface area contributed by atoms with Crippen molar-refractivity contribution in [1.82, 2.24) is 5.32 Å². The zero-order valence-corrected chi connectivity index (χ0v) is 7.84. The fraction of sp³-hybridized carbons (Fsp3) is 0.889. The van der Waals surface area contributed by atoms with Gasteiger partial charge in [0.25, 0.3) is 0 Å². The van der Waals surface area contributed by atoms with Gasteiger partial charge in [0, 0.05) is 19.0 Å². The van der Waals surface area contributed by atoms with Crippen LogP contribution in [0.25, 0.3) is 0 Å². The summed E-state index contributed by atoms with van der Waals surface area (Å²) in [6.45, 7) is 2.11. The predicted molar refractivity (Wildman–Crippen MR) is 48.5 cm³/mol. The molecule has 1 aliphatic carbocycles. The highest BCUT2D eigenvalue weighted by Crippen LogP contribution is 2.28. The highest BCUT2D eigenvalue weighted by Gasteiger charge is 2.29. The van der Waals surface area contributed by atoms with Gasteiger partial charge < -0.3 is 11.1 Å². The van der Waals surface area contributed by atoms with Crippen LogP contribution in [-0.2, 0) is 4.79 Å². The molecule has 0 bridgehead atoms. The van der Waals surface area contributed by atoms with E-state index in [1.54, 1.807) is 7.05 Å². The molecule has 1 rings (SSSR count). The van der Waals surface area contributed by atoms with E-state index in [2.05, 4.69) is 12.2 Å². The predicted octanol–water partition coefficient (Wildman–Crippen LogP) is 0.496. The first kappa shape index (κ1) is 9.52. The van der Waals surface area contributed by atoms with Crippen molar-refractivity contribution in [2.75, 3.05) is 7.05 Å². The van der Waals surface area contributed by atoms with E-state index in [0.29, 0.717) is 12.0 Å². The second-order valence-corrected chi connectivity index (χ2v) is 3.77. The summed E-state index contributed by atoms with van der Waals surface area (Å²) in [5.41, 5.74) is 5.80. The van der Waals surface area contributed by atoms with Crippen molar-refractivity contribution in [2.24, 2.45) is 17.6 Å². The highest BCUT2D eigenvalue weighted by atomic mass is 16.1. The Balaban J connectivity index is 2.50. The van der Waals surface area contributed by atoms with E-state index in [0.717, 1.165) is 19.3 Å². The molecule has 70 valence electrons. The van der Waals surface area contributed by atoms with Crippen molar-refractivity contribution >= 4 is 5.91 Å². The summed E-state index contributed by atoms with van der Waals surface area (Å²) in [6, 6.07) is 0.306. The molecule has 3 atom stereocenters. The van der Waals surface area contributed by atoms with E-state index in [1.807, 2.05) is 0 Å². The lowest BCUT2D eigenvalue weighted by molar-refractivity contribution is -0.127. The molecule has 0 aromatic carbocycles. The number of hydrogen-bond donors (Lipinski definition) is 2. The SMILES string of the molecule is CNC(=O)C1CCC(N)CC1C. The summed E-state index contributed by atoms with van der Waals surface area (Å²) in [7, 11) is 1.70. The number of carbonyl (C=O) groups is 1. The van der Waals surface area contributed by atoms with Crippen LogP contribution in [-0.4, -0.2) is 19.0 Å². The third-order valence-corrected chi connectivity index (χ3v) is 2.79. The molecule has 0 saturated heterocycles. The van der Waals surface area contributed by atoms with Crippen LogP contribution in [0.1, 0.15) is 26.2 Å². The second kappa shape index (κ2) is 3.90. The number of nitrogens with two attached hydrogens (primary N) is 1. The molecule has 1 amide bonds. The van der Waals surface area contributed by atoms with Gasteiger partial charge in [-0.2, -0.15) is 0 Å². The maximum absolute atomic E-state index is 11.3. The van der Waals surface area contributed by atoms with Crippen LogP contribution in [0.15, 0.2) is 0 Å². The lowest BCUT2D eigenvalue weighted by atomic mass is 9.78. The summed E-state index contributed by atoms with van der Waals surface area (Å²) >= 11 is 0. The first-order chi connectivity index (χ1) is 5.65. The Morgan fingerprint density at radius 3 is 2.67 bits per heavy atom. The van der Waals surface area contributed by atoms with Crippen molar-refractivity contribution < 1.29 is 4.79 Å². The minimum absolute atomic E-state index is 0.175. The minimum Gasteiger partial charge on any atom is -0.359 e. The maximum atomic E-state index is 11.3. The normalized spacial score (nSPS) is 36.1. The van der Waals surface area contributed by atoms with Gasteiger partial charge in [0.15, 0.2) is 0 Å². The zero-order chi connectivity index (χ0) is 9.14. The average molecular weight is 170 g/mol. The number of nitrogens with one attached hydrogen (secondary N) is 1. The molecule has 3 N–H and O–H groups in total. The molecular formula is C9H18N2O. The lowest BCUT2D eigenvalue weighted by Crippen LogP contribution is -2.39. The summed E-state index contributed by atoms with van der Waals surface area (Å²) in [6.07, 6.45) is 2.92. The summed E-state index contributed by atoms with van der Waals surface area (Å²) in [4.78, 5) is 11.3. The molecule has 0 heterocycles. The molecule has 0 aromatic heterocycles. The first-order valence-electron chi connectivity index (χ1n) is 4.62. The van der Waals surface area contributed by atoms with Crippen LogP contribution in [0, 0.1) is 11.8 Å². The molecule has 1 saturated carbocycles. The number of amides is 1. The number of hydrogen-bond acceptors (Lipinski definition) is 2. The molecule has 0 aliphatic heterocycles. The maximum Gasteiger partial charge on any atom is 0.223 e. The second-order valence-electron chi connectivity index (χ2n) is 3.77. The number of rotatable bonds is 1. The largest absolute Gasteiger partial charge is 0.359 e. The van der Waals surface area contributed by atoms with E-state index in [1.165, 1.54) is 0 Å². The zero-order valence-electron chi connectivity index (χ0n) is 7.84. The Kier molecular flexibility index (Phi) is 3.09. The summed E-state index contributed by atoms with van der Waals surface area (Å²) in [5, 5.41) is 2.70. The lowest BCUT2D eigenvalue weighted by Gasteiger charge is -2.30. The van der Waals surface area contributed by atoms with Gasteiger partial charge in [0.05, 0.1) is 0 Å². The monoisotopic (exact) mass is 170 g/mol. The fourth-order valence-corrected chi connectivity index (χ4v) is 2.01. The van der Waals surface area contributed by atoms with Gasteiger partial charge >= 0.3 is 0 Å². The first-order valence-corrected chi connectivity index (χ1v) is 4.62. The van der Waals surface area contributed by atoms with Gasteiger partial charge in [0.1, 0.15) is 0 Å². The quantitative estimate of drug-likeness (QED) is 0.602. The summed E-state index contributed by atoms with van der Waals surface area (Å²) in [5.74, 6) is 0.804. The van der Waals surface area contributed by atoms with E-state index in [9.17, 15) is 4.79 Å². The molecule has 3 nitrogen and oxygen atoms in total. The van der Waals surface area contributed by atoms with Crippen molar-refractivity contribution in [3.8, 4) is 0 Å². The average Bonchev–Trinajstić information content (AvgIpc) is 2.03. The van der Waals surface area contributed by atoms with Gasteiger partial charge in [-0.3, -0.25) is 4.79 Å². The van der Waals surface area contributed by atoms with Crippen LogP contribution in [0.4, 0.5) is 0 Å². The number of carbonyl (C=O) groups excluding carboxylic acids is 1. The Labute approximate surface area is 73.7 Å². The van der Waals surface area contributed by atoms with E-state index in [4.69, 9.17) is 5.73 Å². The molecule has 0 radical (unpaired) electrons. The Bertz CT molecular complexity index is 170. The van der Waals surface area contributed by atoms with Crippen molar-refractivity contribution in [1.29, 1.82) is 0 Å². The molecule has 0 spiro atoms. The van der Waals surface area contributed by atoms with Gasteiger partial charge in [-0.1, -0.05) is 6.92 Å². The van der Waals surface area contributed by atoms with Gasteiger partial charge in [-0.15, -0.1) is 0 Å². The topological polar surface area (TPSA) is 55.1 Å². The van der Waals surface area contributed by atoms with Crippen molar-refractivity contribution in [3.05, 3.63) is 0 Å². The van der Waals surface area contributed by atoms with E-state index in [-0.39, 0.29) is 11.8 Å². The molecular weight excluding hydrogens is 152 g/mol. The molecule has 1 fully saturated rings. The molecule has 3 unspecified atom stereocenters. The molecule has 0 aromatic rings. The van der Waals surface area contributed by atoms with Crippen LogP contribution in [0.5, 0.6) is 0 Å². The van der Waals surface area contributed by atoms with Crippen LogP contribution < -0.4 is 11.1 Å². The highest BCUT2D eigenvalue weighted by molar-refractivity contribution is 5.78. The Hall–Kier alpha value is -0.570. The smallest absolute Gasteiger partial charge is 0.223 e. The van der Waals surface area contributed by atoms with E-state index >= 15 is 0 Å². The molecule has 1 aliphatic rings. The molecule has 12 heavy (non-hydrogen) atoms.